The predicted octanol–water partition coefficient (Wildman–Crippen LogP) is 1.92. The number of rotatable bonds is 1. The number of hydrogen-bond donors (Lipinski definition) is 1. The molecule has 1 aliphatic heterocycles. The van der Waals surface area contributed by atoms with Gasteiger partial charge in [0.2, 0.25) is 0 Å². The van der Waals surface area contributed by atoms with E-state index in [1.54, 1.807) is 7.11 Å². The number of methoxy groups -OCH3 is 1. The summed E-state index contributed by atoms with van der Waals surface area (Å²) in [5.74, 6) is 0.920. The fraction of sp³-hybridized carbons (Fsp3) is 0.385. The molecule has 0 radical (unpaired) electrons. The van der Waals surface area contributed by atoms with Gasteiger partial charge in [-0.1, -0.05) is 0 Å². The summed E-state index contributed by atoms with van der Waals surface area (Å²) in [4.78, 5) is 0. The molecule has 16 heavy (non-hydrogen) atoms. The molecule has 0 amide bonds. The van der Waals surface area contributed by atoms with Crippen molar-refractivity contribution in [3.63, 3.8) is 0 Å². The minimum Gasteiger partial charge on any atom is -0.497 e. The van der Waals surface area contributed by atoms with E-state index in [1.807, 2.05) is 6.07 Å². The number of hydrogen-bond acceptors (Lipinski definition) is 2. The molecule has 0 fully saturated rings. The fourth-order valence-electron chi connectivity index (χ4n) is 2.52. The highest BCUT2D eigenvalue weighted by atomic mass is 16.5. The zero-order chi connectivity index (χ0) is 11.1. The quantitative estimate of drug-likeness (QED) is 0.791. The molecule has 1 aromatic carbocycles. The topological polar surface area (TPSA) is 40.2 Å². The molecule has 0 aliphatic carbocycles. The van der Waals surface area contributed by atoms with Gasteiger partial charge in [0.15, 0.2) is 0 Å². The van der Waals surface area contributed by atoms with Crippen LogP contribution in [0.1, 0.15) is 12.1 Å². The van der Waals surface area contributed by atoms with Gasteiger partial charge >= 0.3 is 0 Å². The molecule has 1 unspecified atom stereocenters. The number of ether oxygens (including phenoxy) is 1. The Morgan fingerprint density at radius 2 is 2.25 bits per heavy atom. The fourth-order valence-corrected chi connectivity index (χ4v) is 2.52. The van der Waals surface area contributed by atoms with Crippen LogP contribution in [-0.4, -0.2) is 17.7 Å². The van der Waals surface area contributed by atoms with Crippen molar-refractivity contribution >= 4 is 10.9 Å². The number of aromatic nitrogens is 1. The third-order valence-electron chi connectivity index (χ3n) is 3.39. The van der Waals surface area contributed by atoms with Gasteiger partial charge in [0.25, 0.3) is 0 Å². The van der Waals surface area contributed by atoms with Crippen LogP contribution in [0.5, 0.6) is 5.75 Å². The van der Waals surface area contributed by atoms with Crippen molar-refractivity contribution < 1.29 is 4.74 Å². The highest BCUT2D eigenvalue weighted by molar-refractivity contribution is 5.83. The lowest BCUT2D eigenvalue weighted by atomic mass is 10.1. The van der Waals surface area contributed by atoms with Crippen LogP contribution < -0.4 is 10.5 Å². The highest BCUT2D eigenvalue weighted by Gasteiger charge is 2.17. The Morgan fingerprint density at radius 3 is 3.06 bits per heavy atom. The third kappa shape index (κ3) is 1.39. The van der Waals surface area contributed by atoms with E-state index in [9.17, 15) is 0 Å². The van der Waals surface area contributed by atoms with Crippen LogP contribution in [0.15, 0.2) is 24.3 Å². The summed E-state index contributed by atoms with van der Waals surface area (Å²) in [6.45, 7) is 1.02. The van der Waals surface area contributed by atoms with E-state index in [-0.39, 0.29) is 0 Å². The van der Waals surface area contributed by atoms with Crippen molar-refractivity contribution in [3.05, 3.63) is 30.0 Å². The van der Waals surface area contributed by atoms with Crippen molar-refractivity contribution in [2.24, 2.45) is 5.73 Å². The second kappa shape index (κ2) is 3.52. The Balaban J connectivity index is 2.18. The molecule has 3 nitrogen and oxygen atoms in total. The molecule has 2 aromatic rings. The van der Waals surface area contributed by atoms with Crippen LogP contribution in [-0.2, 0) is 13.0 Å². The smallest absolute Gasteiger partial charge is 0.120 e. The van der Waals surface area contributed by atoms with Gasteiger partial charge in [0.1, 0.15) is 5.75 Å². The number of fused-ring (bicyclic) bond motifs is 3. The zero-order valence-electron chi connectivity index (χ0n) is 9.44. The van der Waals surface area contributed by atoms with Crippen molar-refractivity contribution in [1.82, 2.24) is 4.57 Å². The number of nitrogens with two attached hydrogens (primary N) is 1. The SMILES string of the molecule is COc1ccc2cc3n(c2c1)CCC(N)C3. The van der Waals surface area contributed by atoms with Crippen molar-refractivity contribution in [2.45, 2.75) is 25.4 Å². The van der Waals surface area contributed by atoms with E-state index in [4.69, 9.17) is 10.5 Å². The lowest BCUT2D eigenvalue weighted by Gasteiger charge is -2.21. The van der Waals surface area contributed by atoms with E-state index in [0.717, 1.165) is 25.1 Å². The monoisotopic (exact) mass is 216 g/mol. The van der Waals surface area contributed by atoms with Crippen LogP contribution in [0.4, 0.5) is 0 Å². The average Bonchev–Trinajstić information content (AvgIpc) is 2.65. The maximum atomic E-state index is 5.99. The van der Waals surface area contributed by atoms with Crippen LogP contribution in [0.2, 0.25) is 0 Å². The molecule has 1 aromatic heterocycles. The maximum absolute atomic E-state index is 5.99. The molecule has 0 bridgehead atoms. The van der Waals surface area contributed by atoms with Crippen molar-refractivity contribution in [2.75, 3.05) is 7.11 Å². The summed E-state index contributed by atoms with van der Waals surface area (Å²) in [6.07, 6.45) is 2.05. The van der Waals surface area contributed by atoms with Crippen LogP contribution >= 0.6 is 0 Å². The molecule has 1 aliphatic rings. The lowest BCUT2D eigenvalue weighted by Crippen LogP contribution is -2.30. The van der Waals surface area contributed by atoms with Gasteiger partial charge in [-0.25, -0.2) is 0 Å². The molecule has 1 atom stereocenters. The van der Waals surface area contributed by atoms with E-state index in [1.165, 1.54) is 16.6 Å². The first kappa shape index (κ1) is 9.73. The van der Waals surface area contributed by atoms with Gasteiger partial charge in [-0.2, -0.15) is 0 Å². The van der Waals surface area contributed by atoms with Gasteiger partial charge in [0, 0.05) is 36.2 Å². The molecule has 2 N–H and O–H groups in total. The Kier molecular flexibility index (Phi) is 2.14. The summed E-state index contributed by atoms with van der Waals surface area (Å²) in [5.41, 5.74) is 8.60. The second-order valence-electron chi connectivity index (χ2n) is 4.46. The van der Waals surface area contributed by atoms with E-state index in [2.05, 4.69) is 22.8 Å². The first-order chi connectivity index (χ1) is 7.78. The van der Waals surface area contributed by atoms with Crippen molar-refractivity contribution in [1.29, 1.82) is 0 Å². The molecule has 0 saturated heterocycles. The number of nitrogens with zero attached hydrogens (tertiary/aromatic N) is 1. The van der Waals surface area contributed by atoms with Gasteiger partial charge in [-0.05, 0) is 24.6 Å². The molecule has 0 spiro atoms. The molecule has 84 valence electrons. The van der Waals surface area contributed by atoms with E-state index in [0.29, 0.717) is 6.04 Å². The van der Waals surface area contributed by atoms with Crippen LogP contribution in [0.3, 0.4) is 0 Å². The highest BCUT2D eigenvalue weighted by Crippen LogP contribution is 2.27. The summed E-state index contributed by atoms with van der Waals surface area (Å²) in [6, 6.07) is 8.79. The largest absolute Gasteiger partial charge is 0.497 e. The summed E-state index contributed by atoms with van der Waals surface area (Å²) in [5, 5.41) is 1.28. The summed E-state index contributed by atoms with van der Waals surface area (Å²) >= 11 is 0. The predicted molar refractivity (Wildman–Crippen MR) is 64.8 cm³/mol. The Hall–Kier alpha value is -1.48. The molecule has 0 saturated carbocycles. The maximum Gasteiger partial charge on any atom is 0.120 e. The van der Waals surface area contributed by atoms with Crippen molar-refractivity contribution in [3.8, 4) is 5.75 Å². The Labute approximate surface area is 94.8 Å². The Bertz CT molecular complexity index is 530. The van der Waals surface area contributed by atoms with E-state index >= 15 is 0 Å². The van der Waals surface area contributed by atoms with Crippen LogP contribution in [0, 0.1) is 0 Å². The number of benzene rings is 1. The summed E-state index contributed by atoms with van der Waals surface area (Å²) in [7, 11) is 1.71. The van der Waals surface area contributed by atoms with Crippen LogP contribution in [0.25, 0.3) is 10.9 Å². The molecule has 3 rings (SSSR count). The standard InChI is InChI=1S/C13H16N2O/c1-16-12-3-2-9-6-11-7-10(14)4-5-15(11)13(9)8-12/h2-3,6,8,10H,4-5,7,14H2,1H3. The number of aryl methyl sites for hydroxylation is 1. The minimum absolute atomic E-state index is 0.318. The molecular weight excluding hydrogens is 200 g/mol. The van der Waals surface area contributed by atoms with Gasteiger partial charge in [0.05, 0.1) is 12.6 Å². The first-order valence-corrected chi connectivity index (χ1v) is 5.69. The first-order valence-electron chi connectivity index (χ1n) is 5.69. The summed E-state index contributed by atoms with van der Waals surface area (Å²) < 4.78 is 7.63. The second-order valence-corrected chi connectivity index (χ2v) is 4.46. The van der Waals surface area contributed by atoms with Gasteiger partial charge in [-0.3, -0.25) is 0 Å². The lowest BCUT2D eigenvalue weighted by molar-refractivity contribution is 0.415. The van der Waals surface area contributed by atoms with Gasteiger partial charge in [-0.15, -0.1) is 0 Å². The third-order valence-corrected chi connectivity index (χ3v) is 3.39. The van der Waals surface area contributed by atoms with Gasteiger partial charge < -0.3 is 15.0 Å². The zero-order valence-corrected chi connectivity index (χ0v) is 9.44. The minimum atomic E-state index is 0.318. The Morgan fingerprint density at radius 1 is 1.38 bits per heavy atom. The van der Waals surface area contributed by atoms with E-state index < -0.39 is 0 Å². The normalized spacial score (nSPS) is 19.8. The molecule has 3 heteroatoms. The average molecular weight is 216 g/mol. The molecular formula is C13H16N2O. The molecule has 2 heterocycles.